The summed E-state index contributed by atoms with van der Waals surface area (Å²) in [6, 6.07) is 0. The number of likely N-dealkylation sites (tertiary alicyclic amines) is 1. The fourth-order valence-electron chi connectivity index (χ4n) is 3.13. The summed E-state index contributed by atoms with van der Waals surface area (Å²) in [7, 11) is 2.44. The summed E-state index contributed by atoms with van der Waals surface area (Å²) in [5.74, 6) is 0.991. The smallest absolute Gasteiger partial charge is 0.0787 e. The monoisotopic (exact) mass is 262 g/mol. The van der Waals surface area contributed by atoms with Crippen LogP contribution in [0.1, 0.15) is 46.0 Å². The molecule has 0 radical (unpaired) electrons. The lowest BCUT2D eigenvalue weighted by molar-refractivity contribution is -0.915. The van der Waals surface area contributed by atoms with Crippen molar-refractivity contribution in [1.29, 1.82) is 0 Å². The molecular formula is C18H32N+. The Balaban J connectivity index is 2.36. The zero-order valence-electron chi connectivity index (χ0n) is 13.2. The van der Waals surface area contributed by atoms with Gasteiger partial charge < -0.3 is 4.48 Å². The summed E-state index contributed by atoms with van der Waals surface area (Å²) in [5.41, 5.74) is 1.41. The largest absolute Gasteiger partial charge is 0.326 e. The number of nitrogens with zero attached hydrogens (tertiary/aromatic N) is 1. The van der Waals surface area contributed by atoms with Gasteiger partial charge >= 0.3 is 0 Å². The Labute approximate surface area is 120 Å². The van der Waals surface area contributed by atoms with Gasteiger partial charge in [0.05, 0.1) is 26.7 Å². The molecule has 0 atom stereocenters. The molecule has 0 N–H and O–H groups in total. The first-order chi connectivity index (χ1) is 9.13. The summed E-state index contributed by atoms with van der Waals surface area (Å²) in [5, 5.41) is 0. The van der Waals surface area contributed by atoms with E-state index in [-0.39, 0.29) is 0 Å². The van der Waals surface area contributed by atoms with Crippen LogP contribution in [0.3, 0.4) is 0 Å². The number of quaternary nitrogens is 1. The molecule has 1 nitrogen and oxygen atoms in total. The van der Waals surface area contributed by atoms with Gasteiger partial charge in [-0.25, -0.2) is 0 Å². The second-order valence-corrected chi connectivity index (χ2v) is 6.22. The van der Waals surface area contributed by atoms with Crippen LogP contribution in [0.5, 0.6) is 0 Å². The highest BCUT2D eigenvalue weighted by molar-refractivity contribution is 5.22. The molecule has 0 unspecified atom stereocenters. The van der Waals surface area contributed by atoms with Gasteiger partial charge in [-0.3, -0.25) is 0 Å². The molecule has 19 heavy (non-hydrogen) atoms. The second kappa shape index (κ2) is 8.37. The van der Waals surface area contributed by atoms with Crippen LogP contribution >= 0.6 is 0 Å². The van der Waals surface area contributed by atoms with Crippen LogP contribution in [0.4, 0.5) is 0 Å². The summed E-state index contributed by atoms with van der Waals surface area (Å²) in [4.78, 5) is 0. The minimum absolute atomic E-state index is 0.991. The minimum Gasteiger partial charge on any atom is -0.326 e. The number of piperidine rings is 1. The summed E-state index contributed by atoms with van der Waals surface area (Å²) >= 11 is 0. The number of rotatable bonds is 7. The molecule has 0 saturated carbocycles. The molecule has 0 bridgehead atoms. The van der Waals surface area contributed by atoms with Crippen molar-refractivity contribution < 1.29 is 4.48 Å². The molecule has 1 aliphatic heterocycles. The van der Waals surface area contributed by atoms with Crippen molar-refractivity contribution in [3.63, 3.8) is 0 Å². The Morgan fingerprint density at radius 3 is 2.53 bits per heavy atom. The maximum atomic E-state index is 3.80. The second-order valence-electron chi connectivity index (χ2n) is 6.22. The maximum Gasteiger partial charge on any atom is 0.0787 e. The Bertz CT molecular complexity index is 317. The lowest BCUT2D eigenvalue weighted by Crippen LogP contribution is -2.50. The van der Waals surface area contributed by atoms with Gasteiger partial charge in [0.15, 0.2) is 0 Å². The van der Waals surface area contributed by atoms with Crippen LogP contribution in [0, 0.1) is 5.92 Å². The first kappa shape index (κ1) is 16.2. The van der Waals surface area contributed by atoms with E-state index in [0.717, 1.165) is 5.92 Å². The van der Waals surface area contributed by atoms with Gasteiger partial charge in [0.1, 0.15) is 0 Å². The highest BCUT2D eigenvalue weighted by atomic mass is 15.3. The van der Waals surface area contributed by atoms with Gasteiger partial charge in [-0.2, -0.15) is 0 Å². The quantitative estimate of drug-likeness (QED) is 0.460. The van der Waals surface area contributed by atoms with Crippen LogP contribution in [0.25, 0.3) is 0 Å². The molecule has 1 heteroatoms. The molecular weight excluding hydrogens is 230 g/mol. The predicted molar refractivity (Wildman–Crippen MR) is 86.1 cm³/mol. The van der Waals surface area contributed by atoms with Crippen molar-refractivity contribution >= 4 is 0 Å². The van der Waals surface area contributed by atoms with E-state index < -0.39 is 0 Å². The highest BCUT2D eigenvalue weighted by Crippen LogP contribution is 2.25. The summed E-state index contributed by atoms with van der Waals surface area (Å²) in [6.45, 7) is 12.3. The Kier molecular flexibility index (Phi) is 7.15. The summed E-state index contributed by atoms with van der Waals surface area (Å²) in [6.07, 6.45) is 15.1. The minimum atomic E-state index is 0.991. The Morgan fingerprint density at radius 1 is 1.32 bits per heavy atom. The van der Waals surface area contributed by atoms with E-state index in [2.05, 4.69) is 45.7 Å². The normalized spacial score (nSPS) is 28.8. The van der Waals surface area contributed by atoms with Crippen LogP contribution in [-0.4, -0.2) is 31.2 Å². The third-order valence-corrected chi connectivity index (χ3v) is 4.61. The molecule has 1 aliphatic rings. The lowest BCUT2D eigenvalue weighted by atomic mass is 9.92. The zero-order chi connectivity index (χ0) is 14.1. The van der Waals surface area contributed by atoms with Crippen molar-refractivity contribution in [2.24, 2.45) is 5.92 Å². The highest BCUT2D eigenvalue weighted by Gasteiger charge is 2.28. The van der Waals surface area contributed by atoms with E-state index in [4.69, 9.17) is 0 Å². The number of hydrogen-bond donors (Lipinski definition) is 0. The van der Waals surface area contributed by atoms with Crippen LogP contribution < -0.4 is 0 Å². The fraction of sp³-hybridized carbons (Fsp3) is 0.667. The lowest BCUT2D eigenvalue weighted by Gasteiger charge is -2.40. The Hall–Kier alpha value is -0.820. The number of hydrogen-bond acceptors (Lipinski definition) is 0. The van der Waals surface area contributed by atoms with E-state index in [0.29, 0.717) is 0 Å². The van der Waals surface area contributed by atoms with Crippen LogP contribution in [0.15, 0.2) is 36.5 Å². The molecule has 0 spiro atoms. The van der Waals surface area contributed by atoms with Crippen LogP contribution in [-0.2, 0) is 0 Å². The van der Waals surface area contributed by atoms with Crippen molar-refractivity contribution in [3.05, 3.63) is 36.5 Å². The van der Waals surface area contributed by atoms with Crippen molar-refractivity contribution in [2.45, 2.75) is 46.0 Å². The van der Waals surface area contributed by atoms with Gasteiger partial charge in [-0.15, -0.1) is 0 Å². The topological polar surface area (TPSA) is 0 Å². The van der Waals surface area contributed by atoms with Crippen molar-refractivity contribution in [3.8, 4) is 0 Å². The molecule has 0 aromatic rings. The van der Waals surface area contributed by atoms with Crippen molar-refractivity contribution in [1.82, 2.24) is 0 Å². The predicted octanol–water partition coefficient (Wildman–Crippen LogP) is 4.72. The third-order valence-electron chi connectivity index (χ3n) is 4.61. The molecule has 0 aliphatic carbocycles. The third kappa shape index (κ3) is 5.78. The Morgan fingerprint density at radius 2 is 2.00 bits per heavy atom. The van der Waals surface area contributed by atoms with E-state index in [9.17, 15) is 0 Å². The van der Waals surface area contributed by atoms with Crippen LogP contribution in [0.2, 0.25) is 0 Å². The molecule has 0 aromatic heterocycles. The molecule has 108 valence electrons. The van der Waals surface area contributed by atoms with Gasteiger partial charge in [0, 0.05) is 6.42 Å². The SMILES string of the molecule is C=C/C=C(\C=C/C)CCC[N+]1(C)CCC(CC)CC1. The van der Waals surface area contributed by atoms with E-state index >= 15 is 0 Å². The van der Waals surface area contributed by atoms with Gasteiger partial charge in [0.2, 0.25) is 0 Å². The fourth-order valence-corrected chi connectivity index (χ4v) is 3.13. The van der Waals surface area contributed by atoms with E-state index in [1.54, 1.807) is 0 Å². The van der Waals surface area contributed by atoms with Crippen molar-refractivity contribution in [2.75, 3.05) is 26.7 Å². The molecule has 0 aromatic carbocycles. The molecule has 1 rings (SSSR count). The summed E-state index contributed by atoms with van der Waals surface area (Å²) < 4.78 is 1.29. The van der Waals surface area contributed by atoms with Gasteiger partial charge in [-0.1, -0.05) is 44.2 Å². The molecule has 1 fully saturated rings. The average Bonchev–Trinajstić information content (AvgIpc) is 2.40. The van der Waals surface area contributed by atoms with E-state index in [1.807, 2.05) is 6.08 Å². The zero-order valence-corrected chi connectivity index (χ0v) is 13.2. The van der Waals surface area contributed by atoms with Gasteiger partial charge in [-0.05, 0) is 37.7 Å². The van der Waals surface area contributed by atoms with E-state index in [1.165, 1.54) is 61.8 Å². The van der Waals surface area contributed by atoms with Gasteiger partial charge in [0.25, 0.3) is 0 Å². The number of allylic oxidation sites excluding steroid dienone is 5. The average molecular weight is 262 g/mol. The molecule has 1 heterocycles. The standard InChI is InChI=1S/C18H32N/c1-5-9-18(10-6-2)11-8-14-19(4)15-12-17(7-3)13-16-19/h5-6,9-10,17H,1,7-8,11-16H2,2-4H3/q+1/b10-6-,18-9+. The molecule has 0 amide bonds. The first-order valence-electron chi connectivity index (χ1n) is 7.91. The maximum absolute atomic E-state index is 3.80. The molecule has 1 saturated heterocycles. The first-order valence-corrected chi connectivity index (χ1v) is 7.91.